The standard InChI is InChI=1S/C26H28N8O4/c1-32(26(36)33-16-28-15-30-33)21(14-37-2)20-12-13-29-25-22(24(27)35)23(31-34(20)25)17-8-10-19(11-9-17)38-18-6-4-3-5-7-18/h3-11,15-16,20-21,29H,12-14H2,1-2H3,(H2,27,35)/t20?,21-/m0/s1. The average molecular weight is 517 g/mol. The Bertz CT molecular complexity index is 1400. The largest absolute Gasteiger partial charge is 0.457 e. The van der Waals surface area contributed by atoms with E-state index in [-0.39, 0.29) is 24.2 Å². The van der Waals surface area contributed by atoms with Crippen LogP contribution in [0.1, 0.15) is 22.8 Å². The monoisotopic (exact) mass is 516 g/mol. The number of nitrogens with zero attached hydrogens (tertiary/aromatic N) is 6. The molecule has 0 fully saturated rings. The zero-order valence-corrected chi connectivity index (χ0v) is 21.0. The quantitative estimate of drug-likeness (QED) is 0.364. The van der Waals surface area contributed by atoms with Gasteiger partial charge in [-0.25, -0.2) is 14.5 Å². The molecule has 12 nitrogen and oxygen atoms in total. The van der Waals surface area contributed by atoms with Crippen molar-refractivity contribution < 1.29 is 19.1 Å². The van der Waals surface area contributed by atoms with E-state index < -0.39 is 11.9 Å². The first kappa shape index (κ1) is 25.0. The number of para-hydroxylation sites is 1. The fourth-order valence-electron chi connectivity index (χ4n) is 4.66. The maximum atomic E-state index is 13.0. The number of benzene rings is 2. The summed E-state index contributed by atoms with van der Waals surface area (Å²) in [6, 6.07) is 15.7. The Morgan fingerprint density at radius 3 is 2.55 bits per heavy atom. The number of methoxy groups -OCH3 is 1. The van der Waals surface area contributed by atoms with Gasteiger partial charge >= 0.3 is 6.03 Å². The molecule has 196 valence electrons. The summed E-state index contributed by atoms with van der Waals surface area (Å²) in [6.45, 7) is 0.805. The SMILES string of the molecule is COC[C@@H](C1CCNc2c(C(N)=O)c(-c3ccc(Oc4ccccc4)cc3)nn21)N(C)C(=O)n1cncn1. The molecule has 38 heavy (non-hydrogen) atoms. The number of nitrogens with two attached hydrogens (primary N) is 1. The van der Waals surface area contributed by atoms with Gasteiger partial charge in [-0.3, -0.25) is 4.79 Å². The van der Waals surface area contributed by atoms with E-state index in [1.807, 2.05) is 54.6 Å². The highest BCUT2D eigenvalue weighted by Gasteiger charge is 2.37. The van der Waals surface area contributed by atoms with Crippen molar-refractivity contribution >= 4 is 17.8 Å². The van der Waals surface area contributed by atoms with Gasteiger partial charge in [0.05, 0.1) is 18.7 Å². The van der Waals surface area contributed by atoms with E-state index in [1.165, 1.54) is 12.7 Å². The summed E-state index contributed by atoms with van der Waals surface area (Å²) in [5.41, 5.74) is 7.27. The molecule has 12 heteroatoms. The molecule has 3 N–H and O–H groups in total. The number of anilines is 1. The van der Waals surface area contributed by atoms with Crippen LogP contribution >= 0.6 is 0 Å². The van der Waals surface area contributed by atoms with Crippen LogP contribution in [0.25, 0.3) is 11.3 Å². The first-order chi connectivity index (χ1) is 18.5. The minimum atomic E-state index is -0.602. The molecular weight excluding hydrogens is 488 g/mol. The van der Waals surface area contributed by atoms with E-state index in [2.05, 4.69) is 15.4 Å². The number of amides is 2. The van der Waals surface area contributed by atoms with E-state index in [0.29, 0.717) is 35.8 Å². The summed E-state index contributed by atoms with van der Waals surface area (Å²) >= 11 is 0. The van der Waals surface area contributed by atoms with Crippen LogP contribution in [0.15, 0.2) is 67.3 Å². The number of hydrogen-bond acceptors (Lipinski definition) is 8. The number of primary amides is 1. The van der Waals surface area contributed by atoms with Gasteiger partial charge in [-0.05, 0) is 42.8 Å². The summed E-state index contributed by atoms with van der Waals surface area (Å²) < 4.78 is 14.3. The Labute approximate surface area is 219 Å². The molecule has 0 saturated carbocycles. The molecule has 2 amide bonds. The molecule has 0 saturated heterocycles. The predicted octanol–water partition coefficient (Wildman–Crippen LogP) is 3.00. The summed E-state index contributed by atoms with van der Waals surface area (Å²) in [5, 5.41) is 12.1. The second kappa shape index (κ2) is 10.7. The summed E-state index contributed by atoms with van der Waals surface area (Å²) in [7, 11) is 3.26. The van der Waals surface area contributed by atoms with Gasteiger partial charge in [-0.15, -0.1) is 0 Å². The normalized spacial score (nSPS) is 15.3. The minimum absolute atomic E-state index is 0.244. The number of aromatic nitrogens is 5. The molecular formula is C26H28N8O4. The van der Waals surface area contributed by atoms with Crippen LogP contribution in [0.5, 0.6) is 11.5 Å². The van der Waals surface area contributed by atoms with E-state index >= 15 is 0 Å². The van der Waals surface area contributed by atoms with Crippen LogP contribution in [0.2, 0.25) is 0 Å². The highest BCUT2D eigenvalue weighted by molar-refractivity contribution is 6.03. The molecule has 3 heterocycles. The third kappa shape index (κ3) is 4.81. The number of hydrogen-bond donors (Lipinski definition) is 2. The molecule has 0 spiro atoms. The number of fused-ring (bicyclic) bond motifs is 1. The number of carbonyl (C=O) groups is 2. The molecule has 5 rings (SSSR count). The highest BCUT2D eigenvalue weighted by Crippen LogP contribution is 2.37. The predicted molar refractivity (Wildman–Crippen MR) is 139 cm³/mol. The number of ether oxygens (including phenoxy) is 2. The Morgan fingerprint density at radius 1 is 1.16 bits per heavy atom. The minimum Gasteiger partial charge on any atom is -0.457 e. The van der Waals surface area contributed by atoms with Gasteiger partial charge in [0.25, 0.3) is 5.91 Å². The number of nitrogens with one attached hydrogen (secondary N) is 1. The second-order valence-electron chi connectivity index (χ2n) is 8.86. The second-order valence-corrected chi connectivity index (χ2v) is 8.86. The fourth-order valence-corrected chi connectivity index (χ4v) is 4.66. The fraction of sp³-hybridized carbons (Fsp3) is 0.269. The Hall–Kier alpha value is -4.71. The highest BCUT2D eigenvalue weighted by atomic mass is 16.5. The third-order valence-corrected chi connectivity index (χ3v) is 6.51. The maximum absolute atomic E-state index is 13.0. The molecule has 2 atom stereocenters. The lowest BCUT2D eigenvalue weighted by Crippen LogP contribution is -2.49. The van der Waals surface area contributed by atoms with Crippen LogP contribution < -0.4 is 15.8 Å². The molecule has 1 unspecified atom stereocenters. The van der Waals surface area contributed by atoms with E-state index in [0.717, 1.165) is 10.4 Å². The van der Waals surface area contributed by atoms with Crippen molar-refractivity contribution in [2.75, 3.05) is 32.6 Å². The van der Waals surface area contributed by atoms with E-state index in [1.54, 1.807) is 23.7 Å². The topological polar surface area (TPSA) is 142 Å². The summed E-state index contributed by atoms with van der Waals surface area (Å²) in [5.74, 6) is 1.27. The lowest BCUT2D eigenvalue weighted by Gasteiger charge is -2.37. The molecule has 0 aliphatic carbocycles. The molecule has 2 aromatic heterocycles. The van der Waals surface area contributed by atoms with Crippen LogP contribution in [0.3, 0.4) is 0 Å². The zero-order valence-electron chi connectivity index (χ0n) is 21.0. The van der Waals surface area contributed by atoms with Gasteiger partial charge in [0.15, 0.2) is 0 Å². The number of rotatable bonds is 8. The van der Waals surface area contributed by atoms with Gasteiger partial charge in [-0.1, -0.05) is 18.2 Å². The zero-order chi connectivity index (χ0) is 26.6. The van der Waals surface area contributed by atoms with Gasteiger partial charge in [-0.2, -0.15) is 14.9 Å². The van der Waals surface area contributed by atoms with Crippen molar-refractivity contribution in [3.8, 4) is 22.8 Å². The Balaban J connectivity index is 1.49. The number of likely N-dealkylation sites (N-methyl/N-ethyl adjacent to an activating group) is 1. The number of carbonyl (C=O) groups excluding carboxylic acids is 2. The Morgan fingerprint density at radius 2 is 1.89 bits per heavy atom. The molecule has 4 aromatic rings. The molecule has 1 aliphatic heterocycles. The first-order valence-electron chi connectivity index (χ1n) is 12.1. The molecule has 0 bridgehead atoms. The van der Waals surface area contributed by atoms with Crippen molar-refractivity contribution in [2.24, 2.45) is 5.73 Å². The van der Waals surface area contributed by atoms with Crippen LogP contribution in [-0.4, -0.2) is 74.7 Å². The first-order valence-corrected chi connectivity index (χ1v) is 12.1. The lowest BCUT2D eigenvalue weighted by atomic mass is 10.0. The van der Waals surface area contributed by atoms with Crippen molar-refractivity contribution in [1.29, 1.82) is 0 Å². The van der Waals surface area contributed by atoms with Crippen LogP contribution in [-0.2, 0) is 4.74 Å². The third-order valence-electron chi connectivity index (χ3n) is 6.51. The van der Waals surface area contributed by atoms with Gasteiger partial charge in [0, 0.05) is 26.3 Å². The molecule has 2 aromatic carbocycles. The summed E-state index contributed by atoms with van der Waals surface area (Å²) in [4.78, 5) is 31.1. The van der Waals surface area contributed by atoms with Crippen molar-refractivity contribution in [1.82, 2.24) is 29.4 Å². The van der Waals surface area contributed by atoms with Gasteiger partial charge in [0.2, 0.25) is 0 Å². The smallest absolute Gasteiger partial charge is 0.346 e. The average Bonchev–Trinajstić information content (AvgIpc) is 3.61. The molecule has 0 radical (unpaired) electrons. The Kier molecular flexibility index (Phi) is 7.05. The van der Waals surface area contributed by atoms with E-state index in [4.69, 9.17) is 20.3 Å². The van der Waals surface area contributed by atoms with Crippen molar-refractivity contribution in [3.63, 3.8) is 0 Å². The van der Waals surface area contributed by atoms with Gasteiger partial charge < -0.3 is 25.4 Å². The maximum Gasteiger partial charge on any atom is 0.346 e. The van der Waals surface area contributed by atoms with Gasteiger partial charge in [0.1, 0.15) is 41.2 Å². The van der Waals surface area contributed by atoms with E-state index in [9.17, 15) is 9.59 Å². The van der Waals surface area contributed by atoms with Crippen LogP contribution in [0.4, 0.5) is 10.6 Å². The molecule has 1 aliphatic rings. The van der Waals surface area contributed by atoms with Crippen LogP contribution in [0, 0.1) is 0 Å². The van der Waals surface area contributed by atoms with Crippen molar-refractivity contribution in [3.05, 3.63) is 72.8 Å². The van der Waals surface area contributed by atoms with Crippen molar-refractivity contribution in [2.45, 2.75) is 18.5 Å². The lowest BCUT2D eigenvalue weighted by molar-refractivity contribution is 0.0807. The summed E-state index contributed by atoms with van der Waals surface area (Å²) in [6.07, 6.45) is 3.28.